The molecular weight excluding hydrogens is 286 g/mol. The lowest BCUT2D eigenvalue weighted by Gasteiger charge is -2.25. The number of thioether (sulfide) groups is 1. The Morgan fingerprint density at radius 2 is 2.24 bits per heavy atom. The number of nitrogens with zero attached hydrogens (tertiary/aromatic N) is 1. The minimum absolute atomic E-state index is 0.0190. The van der Waals surface area contributed by atoms with Crippen molar-refractivity contribution in [3.63, 3.8) is 0 Å². The van der Waals surface area contributed by atoms with Crippen LogP contribution in [0.4, 0.5) is 0 Å². The van der Waals surface area contributed by atoms with Crippen molar-refractivity contribution in [3.8, 4) is 0 Å². The van der Waals surface area contributed by atoms with Gasteiger partial charge in [0.25, 0.3) is 0 Å². The molecule has 6 nitrogen and oxygen atoms in total. The second kappa shape index (κ2) is 7.44. The second-order valence-electron chi connectivity index (χ2n) is 4.96. The van der Waals surface area contributed by atoms with Gasteiger partial charge in [-0.15, -0.1) is 11.8 Å². The van der Waals surface area contributed by atoms with Crippen molar-refractivity contribution >= 4 is 23.5 Å². The molecule has 2 rings (SSSR count). The number of benzene rings is 1. The Bertz CT molecular complexity index is 507. The molecule has 1 heterocycles. The van der Waals surface area contributed by atoms with E-state index in [1.165, 1.54) is 11.8 Å². The Labute approximate surface area is 128 Å². The van der Waals surface area contributed by atoms with E-state index >= 15 is 0 Å². The minimum Gasteiger partial charge on any atom is -0.387 e. The van der Waals surface area contributed by atoms with Crippen LogP contribution in [0.3, 0.4) is 0 Å². The zero-order chi connectivity index (χ0) is 15.2. The van der Waals surface area contributed by atoms with Crippen LogP contribution in [0.15, 0.2) is 35.3 Å². The number of nitrogens with one attached hydrogen (secondary N) is 2. The highest BCUT2D eigenvalue weighted by Crippen LogP contribution is 2.15. The summed E-state index contributed by atoms with van der Waals surface area (Å²) in [6.07, 6.45) is 0.334. The highest BCUT2D eigenvalue weighted by atomic mass is 32.2. The molecule has 0 aromatic heterocycles. The van der Waals surface area contributed by atoms with Crippen LogP contribution in [0, 0.1) is 0 Å². The molecule has 0 saturated heterocycles. The number of carbonyl (C=O) groups excluding carboxylic acids is 1. The van der Waals surface area contributed by atoms with E-state index in [0.29, 0.717) is 18.0 Å². The molecule has 0 aliphatic carbocycles. The topological polar surface area (TPSA) is 106 Å². The Morgan fingerprint density at radius 1 is 1.52 bits per heavy atom. The van der Waals surface area contributed by atoms with Crippen LogP contribution in [-0.2, 0) is 4.79 Å². The number of hydrogen-bond donors (Lipinski definition) is 4. The predicted molar refractivity (Wildman–Crippen MR) is 86.6 cm³/mol. The summed E-state index contributed by atoms with van der Waals surface area (Å²) >= 11 is 1.38. The molecule has 1 aliphatic heterocycles. The Kier molecular flexibility index (Phi) is 5.60. The predicted octanol–water partition coefficient (Wildman–Crippen LogP) is 0.516. The molecule has 1 amide bonds. The van der Waals surface area contributed by atoms with E-state index in [1.807, 2.05) is 37.3 Å². The standard InChI is InChI=1S/C14H21N5OS/c1-9(10-5-3-2-4-6-10)17-13(20)8-21-14-18-11(15)7-12(16)19-14/h2-6,9,11,14,18H,7-8,15H2,1H3,(H2,16,19)(H,17,20). The summed E-state index contributed by atoms with van der Waals surface area (Å²) in [6, 6.07) is 9.83. The van der Waals surface area contributed by atoms with Crippen LogP contribution in [0.25, 0.3) is 0 Å². The molecule has 21 heavy (non-hydrogen) atoms. The SMILES string of the molecule is CC(NC(=O)CSC1N=C(N)CC(N)N1)c1ccccc1. The third kappa shape index (κ3) is 5.04. The van der Waals surface area contributed by atoms with Gasteiger partial charge in [0.15, 0.2) is 5.50 Å². The van der Waals surface area contributed by atoms with Gasteiger partial charge in [-0.1, -0.05) is 30.3 Å². The molecule has 7 heteroatoms. The zero-order valence-corrected chi connectivity index (χ0v) is 12.8. The van der Waals surface area contributed by atoms with Gasteiger partial charge >= 0.3 is 0 Å². The molecule has 6 N–H and O–H groups in total. The van der Waals surface area contributed by atoms with Crippen molar-refractivity contribution < 1.29 is 4.79 Å². The highest BCUT2D eigenvalue weighted by Gasteiger charge is 2.20. The third-order valence-corrected chi connectivity index (χ3v) is 4.10. The second-order valence-corrected chi connectivity index (χ2v) is 6.03. The summed E-state index contributed by atoms with van der Waals surface area (Å²) in [5, 5.41) is 6.04. The van der Waals surface area contributed by atoms with E-state index in [9.17, 15) is 4.79 Å². The Morgan fingerprint density at radius 3 is 2.90 bits per heavy atom. The van der Waals surface area contributed by atoms with Crippen molar-refractivity contribution in [2.45, 2.75) is 31.0 Å². The summed E-state index contributed by atoms with van der Waals surface area (Å²) in [7, 11) is 0. The first-order valence-corrected chi connectivity index (χ1v) is 7.89. The maximum atomic E-state index is 12.0. The molecule has 3 unspecified atom stereocenters. The van der Waals surface area contributed by atoms with Crippen molar-refractivity contribution in [1.82, 2.24) is 10.6 Å². The van der Waals surface area contributed by atoms with E-state index in [0.717, 1.165) is 5.56 Å². The van der Waals surface area contributed by atoms with Gasteiger partial charge in [0.2, 0.25) is 5.91 Å². The smallest absolute Gasteiger partial charge is 0.230 e. The van der Waals surface area contributed by atoms with Gasteiger partial charge < -0.3 is 16.8 Å². The van der Waals surface area contributed by atoms with Crippen LogP contribution < -0.4 is 22.1 Å². The first-order valence-electron chi connectivity index (χ1n) is 6.84. The number of amides is 1. The first-order chi connectivity index (χ1) is 10.0. The lowest BCUT2D eigenvalue weighted by molar-refractivity contribution is -0.119. The number of amidine groups is 1. The van der Waals surface area contributed by atoms with E-state index in [4.69, 9.17) is 11.5 Å². The van der Waals surface area contributed by atoms with E-state index in [1.54, 1.807) is 0 Å². The van der Waals surface area contributed by atoms with Gasteiger partial charge in [-0.25, -0.2) is 4.99 Å². The molecule has 0 saturated carbocycles. The summed E-state index contributed by atoms with van der Waals surface area (Å²) in [4.78, 5) is 16.2. The molecule has 1 aromatic carbocycles. The largest absolute Gasteiger partial charge is 0.387 e. The van der Waals surface area contributed by atoms with E-state index in [2.05, 4.69) is 15.6 Å². The van der Waals surface area contributed by atoms with E-state index in [-0.39, 0.29) is 23.6 Å². The molecule has 0 fully saturated rings. The maximum absolute atomic E-state index is 12.0. The molecule has 0 bridgehead atoms. The summed E-state index contributed by atoms with van der Waals surface area (Å²) in [5.41, 5.74) is 12.3. The van der Waals surface area contributed by atoms with Crippen molar-refractivity contribution in [3.05, 3.63) is 35.9 Å². The van der Waals surface area contributed by atoms with Gasteiger partial charge in [-0.2, -0.15) is 0 Å². The van der Waals surface area contributed by atoms with Crippen molar-refractivity contribution in [1.29, 1.82) is 0 Å². The summed E-state index contributed by atoms with van der Waals surface area (Å²) in [6.45, 7) is 1.96. The average Bonchev–Trinajstić information content (AvgIpc) is 2.45. The van der Waals surface area contributed by atoms with Gasteiger partial charge in [0.05, 0.1) is 23.8 Å². The molecule has 3 atom stereocenters. The van der Waals surface area contributed by atoms with Crippen LogP contribution in [-0.4, -0.2) is 29.2 Å². The summed E-state index contributed by atoms with van der Waals surface area (Å²) in [5.74, 6) is 0.793. The van der Waals surface area contributed by atoms with Crippen LogP contribution >= 0.6 is 11.8 Å². The molecular formula is C14H21N5OS. The number of nitrogens with two attached hydrogens (primary N) is 2. The van der Waals surface area contributed by atoms with Crippen molar-refractivity contribution in [2.24, 2.45) is 16.5 Å². The molecule has 1 aliphatic rings. The number of rotatable bonds is 5. The molecule has 0 spiro atoms. The number of aliphatic imine (C=N–C) groups is 1. The summed E-state index contributed by atoms with van der Waals surface area (Å²) < 4.78 is 0. The normalized spacial score (nSPS) is 23.2. The minimum atomic E-state index is -0.258. The van der Waals surface area contributed by atoms with Crippen LogP contribution in [0.2, 0.25) is 0 Å². The molecule has 1 aromatic rings. The molecule has 114 valence electrons. The maximum Gasteiger partial charge on any atom is 0.230 e. The van der Waals surface area contributed by atoms with Gasteiger partial charge in [-0.05, 0) is 12.5 Å². The first kappa shape index (κ1) is 15.8. The molecule has 0 radical (unpaired) electrons. The lowest BCUT2D eigenvalue weighted by Crippen LogP contribution is -2.49. The monoisotopic (exact) mass is 307 g/mol. The third-order valence-electron chi connectivity index (χ3n) is 3.12. The number of hydrogen-bond acceptors (Lipinski definition) is 6. The zero-order valence-electron chi connectivity index (χ0n) is 12.0. The van der Waals surface area contributed by atoms with Gasteiger partial charge in [0, 0.05) is 6.42 Å². The quantitative estimate of drug-likeness (QED) is 0.634. The van der Waals surface area contributed by atoms with Crippen LogP contribution in [0.1, 0.15) is 24.9 Å². The Balaban J connectivity index is 1.79. The average molecular weight is 307 g/mol. The Hall–Kier alpha value is -1.57. The van der Waals surface area contributed by atoms with Gasteiger partial charge in [-0.3, -0.25) is 10.1 Å². The van der Waals surface area contributed by atoms with Crippen LogP contribution in [0.5, 0.6) is 0 Å². The van der Waals surface area contributed by atoms with Gasteiger partial charge in [0.1, 0.15) is 0 Å². The number of carbonyl (C=O) groups is 1. The lowest BCUT2D eigenvalue weighted by atomic mass is 10.1. The highest BCUT2D eigenvalue weighted by molar-refractivity contribution is 8.00. The van der Waals surface area contributed by atoms with Crippen molar-refractivity contribution in [2.75, 3.05) is 5.75 Å². The fraction of sp³-hybridized carbons (Fsp3) is 0.429. The fourth-order valence-electron chi connectivity index (χ4n) is 2.06. The fourth-order valence-corrected chi connectivity index (χ4v) is 2.93. The van der Waals surface area contributed by atoms with E-state index < -0.39 is 0 Å².